The molecule has 0 aliphatic carbocycles. The summed E-state index contributed by atoms with van der Waals surface area (Å²) in [5.74, 6) is 1.62. The van der Waals surface area contributed by atoms with E-state index in [-0.39, 0.29) is 11.8 Å². The van der Waals surface area contributed by atoms with Crippen LogP contribution in [0.3, 0.4) is 0 Å². The van der Waals surface area contributed by atoms with Crippen LogP contribution in [0.5, 0.6) is 0 Å². The van der Waals surface area contributed by atoms with Crippen LogP contribution < -0.4 is 4.90 Å². The zero-order valence-electron chi connectivity index (χ0n) is 16.7. The summed E-state index contributed by atoms with van der Waals surface area (Å²) >= 11 is 0. The minimum atomic E-state index is 0.171. The quantitative estimate of drug-likeness (QED) is 0.654. The van der Waals surface area contributed by atoms with Crippen molar-refractivity contribution in [1.82, 2.24) is 15.0 Å². The number of pyridine rings is 3. The highest BCUT2D eigenvalue weighted by Gasteiger charge is 2.23. The molecule has 0 spiro atoms. The Hall–Kier alpha value is -2.82. The molecule has 1 atom stereocenters. The van der Waals surface area contributed by atoms with E-state index in [1.807, 2.05) is 30.6 Å². The molecule has 5 heteroatoms. The first-order valence-corrected chi connectivity index (χ1v) is 10.0. The molecule has 1 aliphatic rings. The van der Waals surface area contributed by atoms with Crippen molar-refractivity contribution in [2.75, 3.05) is 11.4 Å². The molecule has 0 radical (unpaired) electrons. The summed E-state index contributed by atoms with van der Waals surface area (Å²) in [6, 6.07) is 10.3. The lowest BCUT2D eigenvalue weighted by atomic mass is 9.97. The molecule has 0 bridgehead atoms. The Morgan fingerprint density at radius 2 is 1.93 bits per heavy atom. The third kappa shape index (κ3) is 3.75. The number of rotatable bonds is 5. The van der Waals surface area contributed by atoms with Crippen LogP contribution in [0.1, 0.15) is 62.3 Å². The number of carbonyl (C=O) groups is 1. The van der Waals surface area contributed by atoms with E-state index in [4.69, 9.17) is 4.98 Å². The van der Waals surface area contributed by atoms with Gasteiger partial charge >= 0.3 is 0 Å². The van der Waals surface area contributed by atoms with Gasteiger partial charge < -0.3 is 0 Å². The maximum Gasteiger partial charge on any atom is 0.228 e. The highest BCUT2D eigenvalue weighted by atomic mass is 16.2. The van der Waals surface area contributed by atoms with Gasteiger partial charge in [0.15, 0.2) is 5.65 Å². The largest absolute Gasteiger partial charge is 0.297 e. The van der Waals surface area contributed by atoms with Gasteiger partial charge in [0.25, 0.3) is 0 Å². The molecule has 0 saturated carbocycles. The van der Waals surface area contributed by atoms with Crippen LogP contribution in [0.4, 0.5) is 5.82 Å². The predicted molar refractivity (Wildman–Crippen MR) is 112 cm³/mol. The molecule has 1 saturated heterocycles. The lowest BCUT2D eigenvalue weighted by Gasteiger charge is -2.17. The molecule has 1 aliphatic heterocycles. The third-order valence-corrected chi connectivity index (χ3v) is 5.43. The van der Waals surface area contributed by atoms with Gasteiger partial charge in [-0.2, -0.15) is 0 Å². The average Bonchev–Trinajstić information content (AvgIpc) is 3.13. The van der Waals surface area contributed by atoms with E-state index >= 15 is 0 Å². The second kappa shape index (κ2) is 7.66. The van der Waals surface area contributed by atoms with Gasteiger partial charge in [0.1, 0.15) is 5.82 Å². The van der Waals surface area contributed by atoms with E-state index in [0.29, 0.717) is 12.3 Å². The number of carbonyl (C=O) groups excluding carboxylic acids is 1. The van der Waals surface area contributed by atoms with Crippen molar-refractivity contribution in [2.45, 2.75) is 51.9 Å². The highest BCUT2D eigenvalue weighted by molar-refractivity contribution is 5.94. The molecule has 0 aromatic carbocycles. The first-order chi connectivity index (χ1) is 13.5. The minimum Gasteiger partial charge on any atom is -0.297 e. The molecule has 5 nitrogen and oxygen atoms in total. The zero-order chi connectivity index (χ0) is 19.7. The number of anilines is 1. The second-order valence-corrected chi connectivity index (χ2v) is 7.99. The number of fused-ring (bicyclic) bond motifs is 1. The van der Waals surface area contributed by atoms with Gasteiger partial charge in [-0.05, 0) is 54.2 Å². The molecule has 1 fully saturated rings. The summed E-state index contributed by atoms with van der Waals surface area (Å²) in [5, 5.41) is 1.08. The Morgan fingerprint density at radius 3 is 2.68 bits per heavy atom. The Kier molecular flexibility index (Phi) is 5.07. The summed E-state index contributed by atoms with van der Waals surface area (Å²) in [5.41, 5.74) is 4.19. The Morgan fingerprint density at radius 1 is 1.11 bits per heavy atom. The number of aromatic nitrogens is 3. The van der Waals surface area contributed by atoms with Gasteiger partial charge in [0.2, 0.25) is 5.91 Å². The maximum atomic E-state index is 12.0. The minimum absolute atomic E-state index is 0.171. The Bertz CT molecular complexity index is 1010. The number of hydrogen-bond acceptors (Lipinski definition) is 4. The standard InChI is InChI=1S/C23H26N4O/c1-15(2)19-12-18-11-17(13-24-23(18)25-14-19)10-16(3)20-6-4-7-21(26-20)27-9-5-8-22(27)28/h4,6-7,11-16H,5,8-10H2,1-3H3/t16-/m0/s1. The van der Waals surface area contributed by atoms with E-state index in [2.05, 4.69) is 42.9 Å². The van der Waals surface area contributed by atoms with Crippen LogP contribution in [0.15, 0.2) is 42.7 Å². The SMILES string of the molecule is CC(C)c1cnc2ncc(C[C@H](C)c3cccc(N4CCCC4=O)n3)cc2c1. The lowest BCUT2D eigenvalue weighted by Crippen LogP contribution is -2.25. The normalized spacial score (nSPS) is 15.6. The fourth-order valence-electron chi connectivity index (χ4n) is 3.73. The van der Waals surface area contributed by atoms with Gasteiger partial charge in [-0.3, -0.25) is 9.69 Å². The van der Waals surface area contributed by atoms with Crippen molar-refractivity contribution in [3.05, 3.63) is 59.5 Å². The first kappa shape index (κ1) is 18.5. The molecule has 4 heterocycles. The molecule has 0 unspecified atom stereocenters. The number of amides is 1. The van der Waals surface area contributed by atoms with Gasteiger partial charge in [0.05, 0.1) is 0 Å². The van der Waals surface area contributed by atoms with Crippen molar-refractivity contribution < 1.29 is 4.79 Å². The molecule has 3 aromatic heterocycles. The predicted octanol–water partition coefficient (Wildman–Crippen LogP) is 4.62. The molecular weight excluding hydrogens is 348 g/mol. The van der Waals surface area contributed by atoms with Gasteiger partial charge in [-0.25, -0.2) is 15.0 Å². The fourth-order valence-corrected chi connectivity index (χ4v) is 3.73. The van der Waals surface area contributed by atoms with E-state index in [1.165, 1.54) is 11.1 Å². The van der Waals surface area contributed by atoms with Crippen LogP contribution in [0, 0.1) is 0 Å². The van der Waals surface area contributed by atoms with Gasteiger partial charge in [0, 0.05) is 42.4 Å². The van der Waals surface area contributed by atoms with E-state index in [9.17, 15) is 4.79 Å². The molecule has 28 heavy (non-hydrogen) atoms. The molecule has 3 aromatic rings. The smallest absolute Gasteiger partial charge is 0.228 e. The lowest BCUT2D eigenvalue weighted by molar-refractivity contribution is -0.117. The van der Waals surface area contributed by atoms with E-state index in [0.717, 1.165) is 41.9 Å². The molecule has 0 N–H and O–H groups in total. The van der Waals surface area contributed by atoms with Crippen LogP contribution in [-0.2, 0) is 11.2 Å². The summed E-state index contributed by atoms with van der Waals surface area (Å²) in [4.78, 5) is 27.6. The second-order valence-electron chi connectivity index (χ2n) is 7.99. The molecular formula is C23H26N4O. The number of hydrogen-bond donors (Lipinski definition) is 0. The van der Waals surface area contributed by atoms with Crippen LogP contribution in [0.2, 0.25) is 0 Å². The highest BCUT2D eigenvalue weighted by Crippen LogP contribution is 2.25. The van der Waals surface area contributed by atoms with Crippen molar-refractivity contribution in [2.24, 2.45) is 0 Å². The van der Waals surface area contributed by atoms with Crippen molar-refractivity contribution in [3.63, 3.8) is 0 Å². The number of nitrogens with zero attached hydrogens (tertiary/aromatic N) is 4. The van der Waals surface area contributed by atoms with Crippen molar-refractivity contribution in [3.8, 4) is 0 Å². The van der Waals surface area contributed by atoms with E-state index < -0.39 is 0 Å². The summed E-state index contributed by atoms with van der Waals surface area (Å²) in [7, 11) is 0. The average molecular weight is 374 g/mol. The Labute approximate surface area is 165 Å². The zero-order valence-corrected chi connectivity index (χ0v) is 16.7. The van der Waals surface area contributed by atoms with Crippen molar-refractivity contribution in [1.29, 1.82) is 0 Å². The molecule has 4 rings (SSSR count). The van der Waals surface area contributed by atoms with Crippen LogP contribution >= 0.6 is 0 Å². The molecule has 1 amide bonds. The van der Waals surface area contributed by atoms with Crippen LogP contribution in [-0.4, -0.2) is 27.4 Å². The summed E-state index contributed by atoms with van der Waals surface area (Å²) in [6.07, 6.45) is 6.21. The maximum absolute atomic E-state index is 12.0. The topological polar surface area (TPSA) is 59.0 Å². The van der Waals surface area contributed by atoms with Crippen molar-refractivity contribution >= 4 is 22.8 Å². The van der Waals surface area contributed by atoms with Gasteiger partial charge in [-0.1, -0.05) is 26.8 Å². The fraction of sp³-hybridized carbons (Fsp3) is 0.391. The Balaban J connectivity index is 1.56. The third-order valence-electron chi connectivity index (χ3n) is 5.43. The van der Waals surface area contributed by atoms with Crippen LogP contribution in [0.25, 0.3) is 11.0 Å². The monoisotopic (exact) mass is 374 g/mol. The summed E-state index contributed by atoms with van der Waals surface area (Å²) < 4.78 is 0. The summed E-state index contributed by atoms with van der Waals surface area (Å²) in [6.45, 7) is 7.28. The first-order valence-electron chi connectivity index (χ1n) is 10.0. The van der Waals surface area contributed by atoms with E-state index in [1.54, 1.807) is 4.90 Å². The molecule has 144 valence electrons. The van der Waals surface area contributed by atoms with Gasteiger partial charge in [-0.15, -0.1) is 0 Å².